The first-order valence-corrected chi connectivity index (χ1v) is 10.7. The van der Waals surface area contributed by atoms with Gasteiger partial charge in [0.25, 0.3) is 11.1 Å². The summed E-state index contributed by atoms with van der Waals surface area (Å²) in [6, 6.07) is 7.03. The molecule has 0 atom stereocenters. The Morgan fingerprint density at radius 3 is 2.68 bits per heavy atom. The molecule has 4 rings (SSSR count). The number of anilines is 1. The summed E-state index contributed by atoms with van der Waals surface area (Å²) < 4.78 is 3.55. The maximum Gasteiger partial charge on any atom is 0.268 e. The summed E-state index contributed by atoms with van der Waals surface area (Å²) in [4.78, 5) is 33.5. The summed E-state index contributed by atoms with van der Waals surface area (Å²) in [5, 5.41) is 0. The van der Waals surface area contributed by atoms with Crippen LogP contribution in [0.1, 0.15) is 26.7 Å². The van der Waals surface area contributed by atoms with Crippen LogP contribution in [0.15, 0.2) is 40.1 Å². The van der Waals surface area contributed by atoms with Gasteiger partial charge in [-0.1, -0.05) is 13.0 Å². The van der Waals surface area contributed by atoms with E-state index in [2.05, 4.69) is 11.8 Å². The molecule has 1 aliphatic heterocycles. The number of piperidine rings is 1. The van der Waals surface area contributed by atoms with Crippen LogP contribution in [-0.4, -0.2) is 27.0 Å². The molecule has 1 saturated heterocycles. The van der Waals surface area contributed by atoms with Crippen molar-refractivity contribution >= 4 is 35.0 Å². The van der Waals surface area contributed by atoms with Crippen LogP contribution in [0.2, 0.25) is 0 Å². The number of hydrogen-bond acceptors (Lipinski definition) is 6. The molecule has 0 N–H and O–H groups in total. The van der Waals surface area contributed by atoms with Crippen LogP contribution in [0.25, 0.3) is 16.1 Å². The molecule has 0 aromatic carbocycles. The summed E-state index contributed by atoms with van der Waals surface area (Å²) in [5.74, 6) is 1.32. The number of nitrogens with zero attached hydrogens (tertiary/aromatic N) is 4. The van der Waals surface area contributed by atoms with Crippen LogP contribution >= 0.6 is 23.6 Å². The Kier molecular flexibility index (Phi) is 5.16. The van der Waals surface area contributed by atoms with Gasteiger partial charge in [0.2, 0.25) is 0 Å². The van der Waals surface area contributed by atoms with E-state index in [1.807, 2.05) is 19.1 Å². The van der Waals surface area contributed by atoms with Gasteiger partial charge in [-0.25, -0.2) is 4.98 Å². The van der Waals surface area contributed by atoms with Crippen molar-refractivity contribution in [2.75, 3.05) is 18.0 Å². The molecule has 0 saturated carbocycles. The van der Waals surface area contributed by atoms with Crippen molar-refractivity contribution in [3.8, 4) is 10.4 Å². The smallest absolute Gasteiger partial charge is 0.268 e. The van der Waals surface area contributed by atoms with Crippen LogP contribution in [0.4, 0.5) is 5.82 Å². The molecule has 0 amide bonds. The van der Waals surface area contributed by atoms with Crippen LogP contribution < -0.4 is 16.0 Å². The van der Waals surface area contributed by atoms with Gasteiger partial charge in [-0.15, -0.1) is 11.3 Å². The summed E-state index contributed by atoms with van der Waals surface area (Å²) >= 11 is 6.71. The fourth-order valence-electron chi connectivity index (χ4n) is 3.61. The molecule has 8 heteroatoms. The first-order valence-electron chi connectivity index (χ1n) is 9.51. The lowest BCUT2D eigenvalue weighted by molar-refractivity contribution is 0.437. The third-order valence-corrected chi connectivity index (χ3v) is 6.71. The minimum absolute atomic E-state index is 0.168. The molecule has 0 spiro atoms. The number of hydrogen-bond donors (Lipinski definition) is 0. The van der Waals surface area contributed by atoms with Gasteiger partial charge in [-0.05, 0) is 50.0 Å². The average molecular weight is 415 g/mol. The molecule has 0 unspecified atom stereocenters. The highest BCUT2D eigenvalue weighted by atomic mass is 32.1. The zero-order chi connectivity index (χ0) is 19.8. The molecule has 0 radical (unpaired) electrons. The Bertz CT molecular complexity index is 1170. The van der Waals surface area contributed by atoms with Crippen molar-refractivity contribution in [3.63, 3.8) is 0 Å². The van der Waals surface area contributed by atoms with E-state index < -0.39 is 0 Å². The molecule has 1 fully saturated rings. The third-order valence-electron chi connectivity index (χ3n) is 5.30. The maximum atomic E-state index is 13.4. The fraction of sp³-hybridized carbons (Fsp3) is 0.400. The van der Waals surface area contributed by atoms with Crippen molar-refractivity contribution in [1.82, 2.24) is 14.0 Å². The monoisotopic (exact) mass is 414 g/mol. The van der Waals surface area contributed by atoms with Gasteiger partial charge in [0.15, 0.2) is 3.95 Å². The quantitative estimate of drug-likeness (QED) is 0.613. The van der Waals surface area contributed by atoms with Crippen LogP contribution in [-0.2, 0) is 6.54 Å². The summed E-state index contributed by atoms with van der Waals surface area (Å²) in [5.41, 5.74) is 0.723. The van der Waals surface area contributed by atoms with Gasteiger partial charge in [0.1, 0.15) is 17.0 Å². The summed E-state index contributed by atoms with van der Waals surface area (Å²) in [7, 11) is 0. The zero-order valence-corrected chi connectivity index (χ0v) is 17.6. The van der Waals surface area contributed by atoms with E-state index >= 15 is 0 Å². The van der Waals surface area contributed by atoms with Gasteiger partial charge in [-0.2, -0.15) is 0 Å². The van der Waals surface area contributed by atoms with Crippen LogP contribution in [0, 0.1) is 9.87 Å². The van der Waals surface area contributed by atoms with E-state index in [9.17, 15) is 9.59 Å². The average Bonchev–Trinajstić information content (AvgIpc) is 2.68. The lowest BCUT2D eigenvalue weighted by atomic mass is 9.99. The summed E-state index contributed by atoms with van der Waals surface area (Å²) in [6.45, 7) is 6.34. The first kappa shape index (κ1) is 19.0. The topological polar surface area (TPSA) is 59.6 Å². The van der Waals surface area contributed by atoms with Gasteiger partial charge in [0, 0.05) is 31.9 Å². The molecular weight excluding hydrogens is 392 g/mol. The summed E-state index contributed by atoms with van der Waals surface area (Å²) in [6.07, 6.45) is 3.83. The molecule has 3 aromatic heterocycles. The highest BCUT2D eigenvalue weighted by Crippen LogP contribution is 2.31. The van der Waals surface area contributed by atoms with Crippen molar-refractivity contribution < 1.29 is 0 Å². The van der Waals surface area contributed by atoms with Gasteiger partial charge >= 0.3 is 0 Å². The van der Waals surface area contributed by atoms with E-state index in [4.69, 9.17) is 17.2 Å². The Balaban J connectivity index is 2.00. The van der Waals surface area contributed by atoms with E-state index in [1.165, 1.54) is 26.4 Å². The molecule has 0 bridgehead atoms. The second-order valence-electron chi connectivity index (χ2n) is 7.17. The van der Waals surface area contributed by atoms with Crippen molar-refractivity contribution in [3.05, 3.63) is 55.1 Å². The number of aromatic nitrogens is 3. The second kappa shape index (κ2) is 7.60. The van der Waals surface area contributed by atoms with E-state index in [0.29, 0.717) is 38.3 Å². The van der Waals surface area contributed by atoms with Crippen molar-refractivity contribution in [2.24, 2.45) is 5.92 Å². The Morgan fingerprint density at radius 2 is 2.00 bits per heavy atom. The zero-order valence-electron chi connectivity index (χ0n) is 15.9. The predicted molar refractivity (Wildman–Crippen MR) is 116 cm³/mol. The lowest BCUT2D eigenvalue weighted by Crippen LogP contribution is -2.35. The first-order chi connectivity index (χ1) is 13.5. The third kappa shape index (κ3) is 3.31. The van der Waals surface area contributed by atoms with Gasteiger partial charge in [-0.3, -0.25) is 18.6 Å². The van der Waals surface area contributed by atoms with E-state index in [0.717, 1.165) is 25.9 Å². The van der Waals surface area contributed by atoms with Gasteiger partial charge in [0.05, 0.1) is 4.88 Å². The Hall–Kier alpha value is -2.32. The molecule has 6 nitrogen and oxygen atoms in total. The molecule has 4 heterocycles. The highest BCUT2D eigenvalue weighted by Gasteiger charge is 2.24. The van der Waals surface area contributed by atoms with Crippen molar-refractivity contribution in [2.45, 2.75) is 33.2 Å². The lowest BCUT2D eigenvalue weighted by Gasteiger charge is -2.32. The van der Waals surface area contributed by atoms with Crippen LogP contribution in [0.3, 0.4) is 0 Å². The molecule has 146 valence electrons. The van der Waals surface area contributed by atoms with Gasteiger partial charge < -0.3 is 4.90 Å². The predicted octanol–water partition coefficient (Wildman–Crippen LogP) is 3.57. The highest BCUT2D eigenvalue weighted by molar-refractivity contribution is 7.73. The van der Waals surface area contributed by atoms with Crippen molar-refractivity contribution in [1.29, 1.82) is 0 Å². The Morgan fingerprint density at radius 1 is 1.25 bits per heavy atom. The standard InChI is InChI=1S/C20H22N4O2S2/c1-3-23-16(25)12-14(28-20(23)27)17-18(22-10-7-13(2)8-11-22)21-15-6-4-5-9-24(15)19(17)26/h4-6,9,12-13H,3,7-8,10-11H2,1-2H3. The normalized spacial score (nSPS) is 15.3. The minimum atomic E-state index is -0.183. The molecule has 1 aliphatic rings. The molecular formula is C20H22N4O2S2. The molecule has 3 aromatic rings. The Labute approximate surface area is 171 Å². The van der Waals surface area contributed by atoms with E-state index in [-0.39, 0.29) is 11.1 Å². The largest absolute Gasteiger partial charge is 0.356 e. The molecule has 28 heavy (non-hydrogen) atoms. The number of pyridine rings is 1. The van der Waals surface area contributed by atoms with E-state index in [1.54, 1.807) is 12.3 Å². The van der Waals surface area contributed by atoms with Crippen LogP contribution in [0.5, 0.6) is 0 Å². The minimum Gasteiger partial charge on any atom is -0.356 e. The maximum absolute atomic E-state index is 13.4. The number of fused-ring (bicyclic) bond motifs is 1. The fourth-order valence-corrected chi connectivity index (χ4v) is 5.06. The SMILES string of the molecule is CCn1c(=O)cc(-c2c(N3CCC(C)CC3)nc3ccccn3c2=O)sc1=S. The second-order valence-corrected chi connectivity index (χ2v) is 8.85. The molecule has 0 aliphatic carbocycles. The number of rotatable bonds is 3.